The summed E-state index contributed by atoms with van der Waals surface area (Å²) in [6, 6.07) is 0.404. The Morgan fingerprint density at radius 1 is 1.03 bits per heavy atom. The molecule has 1 fully saturated rings. The largest absolute Gasteiger partial charge is 0.481 e. The molecule has 2 heterocycles. The van der Waals surface area contributed by atoms with Crippen LogP contribution in [0.2, 0.25) is 0 Å². The van der Waals surface area contributed by atoms with Crippen LogP contribution in [0.25, 0.3) is 0 Å². The molecule has 0 bridgehead atoms. The molecule has 0 aromatic carbocycles. The second-order valence-corrected chi connectivity index (χ2v) is 7.74. The van der Waals surface area contributed by atoms with Crippen LogP contribution in [0.1, 0.15) is 43.6 Å². The number of carboxylic acid groups (broad SMARTS) is 3. The van der Waals surface area contributed by atoms with E-state index in [-0.39, 0.29) is 5.92 Å². The molecule has 2 rings (SSSR count). The zero-order valence-corrected chi connectivity index (χ0v) is 19.0. The van der Waals surface area contributed by atoms with Gasteiger partial charge in [-0.25, -0.2) is 0 Å². The highest BCUT2D eigenvalue weighted by molar-refractivity contribution is 5.70. The Morgan fingerprint density at radius 3 is 1.90 bits per heavy atom. The summed E-state index contributed by atoms with van der Waals surface area (Å²) in [5.41, 5.74) is 3.43. The van der Waals surface area contributed by atoms with Gasteiger partial charge in [0.05, 0.1) is 11.6 Å². The first-order valence-corrected chi connectivity index (χ1v) is 9.75. The van der Waals surface area contributed by atoms with Crippen molar-refractivity contribution in [2.24, 2.45) is 13.0 Å². The third-order valence-corrected chi connectivity index (χ3v) is 4.92. The van der Waals surface area contributed by atoms with Gasteiger partial charge in [0.25, 0.3) is 11.9 Å². The number of carbonyl (C=O) groups is 3. The van der Waals surface area contributed by atoms with Crippen LogP contribution in [0.5, 0.6) is 0 Å². The molecule has 172 valence electrons. The molecular formula is C20H36N4O6. The van der Waals surface area contributed by atoms with Gasteiger partial charge in [-0.3, -0.25) is 24.0 Å². The van der Waals surface area contributed by atoms with Gasteiger partial charge in [-0.05, 0) is 40.8 Å². The van der Waals surface area contributed by atoms with Gasteiger partial charge in [0.15, 0.2) is 0 Å². The molecule has 1 aromatic rings. The first kappa shape index (κ1) is 27.5. The van der Waals surface area contributed by atoms with Crippen molar-refractivity contribution >= 4 is 17.9 Å². The van der Waals surface area contributed by atoms with Crippen LogP contribution in [-0.2, 0) is 28.0 Å². The predicted molar refractivity (Wildman–Crippen MR) is 112 cm³/mol. The first-order chi connectivity index (χ1) is 13.8. The molecule has 1 aliphatic rings. The average molecular weight is 429 g/mol. The fourth-order valence-corrected chi connectivity index (χ4v) is 3.28. The van der Waals surface area contributed by atoms with Gasteiger partial charge in [0.2, 0.25) is 0 Å². The molecule has 1 aliphatic heterocycles. The van der Waals surface area contributed by atoms with Crippen molar-refractivity contribution in [1.29, 1.82) is 0 Å². The van der Waals surface area contributed by atoms with Crippen LogP contribution in [0.15, 0.2) is 0 Å². The lowest BCUT2D eigenvalue weighted by molar-refractivity contribution is -0.142. The van der Waals surface area contributed by atoms with Gasteiger partial charge in [-0.15, -0.1) is 0 Å². The van der Waals surface area contributed by atoms with Gasteiger partial charge in [0.1, 0.15) is 0 Å². The first-order valence-electron chi connectivity index (χ1n) is 9.75. The monoisotopic (exact) mass is 428 g/mol. The van der Waals surface area contributed by atoms with E-state index in [4.69, 9.17) is 19.8 Å². The lowest BCUT2D eigenvalue weighted by atomic mass is 10.0. The Balaban J connectivity index is 0.000000901. The number of nitrogens with zero attached hydrogens (tertiary/aromatic N) is 4. The minimum atomic E-state index is -0.833. The summed E-state index contributed by atoms with van der Waals surface area (Å²) in [5, 5.41) is 28.7. The van der Waals surface area contributed by atoms with E-state index in [1.54, 1.807) is 0 Å². The zero-order valence-electron chi connectivity index (χ0n) is 19.0. The molecule has 0 aliphatic carbocycles. The Hall–Kier alpha value is -2.46. The molecule has 0 unspecified atom stereocenters. The van der Waals surface area contributed by atoms with E-state index in [1.165, 1.54) is 5.56 Å². The summed E-state index contributed by atoms with van der Waals surface area (Å²) in [4.78, 5) is 34.0. The number of likely N-dealkylation sites (N-methyl/N-ethyl adjacent to an activating group) is 1. The molecule has 0 amide bonds. The number of aliphatic carboxylic acids is 3. The van der Waals surface area contributed by atoms with E-state index in [2.05, 4.69) is 35.9 Å². The number of aromatic nitrogens is 2. The fourth-order valence-electron chi connectivity index (χ4n) is 3.28. The van der Waals surface area contributed by atoms with Crippen LogP contribution < -0.4 is 0 Å². The molecular weight excluding hydrogens is 392 g/mol. The van der Waals surface area contributed by atoms with Gasteiger partial charge in [-0.1, -0.05) is 0 Å². The van der Waals surface area contributed by atoms with E-state index in [9.17, 15) is 9.90 Å². The predicted octanol–water partition coefficient (Wildman–Crippen LogP) is 1.45. The molecule has 30 heavy (non-hydrogen) atoms. The van der Waals surface area contributed by atoms with Gasteiger partial charge >= 0.3 is 5.97 Å². The maximum absolute atomic E-state index is 11.5. The van der Waals surface area contributed by atoms with Crippen molar-refractivity contribution in [3.05, 3.63) is 17.0 Å². The third-order valence-electron chi connectivity index (χ3n) is 4.92. The second kappa shape index (κ2) is 13.0. The van der Waals surface area contributed by atoms with Crippen LogP contribution in [0, 0.1) is 19.8 Å². The molecule has 3 N–H and O–H groups in total. The summed E-state index contributed by atoms with van der Waals surface area (Å²) in [6.45, 7) is 8.57. The van der Waals surface area contributed by atoms with Crippen molar-refractivity contribution in [3.63, 3.8) is 0 Å². The molecule has 2 atom stereocenters. The van der Waals surface area contributed by atoms with Crippen molar-refractivity contribution < 1.29 is 29.7 Å². The van der Waals surface area contributed by atoms with Crippen molar-refractivity contribution in [2.45, 2.75) is 53.1 Å². The van der Waals surface area contributed by atoms with Crippen molar-refractivity contribution in [3.8, 4) is 0 Å². The number of rotatable bonds is 4. The molecule has 10 heteroatoms. The highest BCUT2D eigenvalue weighted by atomic mass is 16.4. The number of likely N-dealkylation sites (tertiary alicyclic amines) is 1. The van der Waals surface area contributed by atoms with Crippen molar-refractivity contribution in [2.75, 3.05) is 27.2 Å². The number of aryl methyl sites for hydroxylation is 2. The van der Waals surface area contributed by atoms with Gasteiger partial charge in [0, 0.05) is 57.8 Å². The SMILES string of the molecule is CC(=O)O.CC(=O)O.Cc1nn(C)c(C)c1CN1C[C@@H](C(=O)O)CC[C@@H](N(C)C)C1. The summed E-state index contributed by atoms with van der Waals surface area (Å²) >= 11 is 0. The Bertz CT molecular complexity index is 696. The van der Waals surface area contributed by atoms with Crippen LogP contribution in [-0.4, -0.2) is 86.0 Å². The average Bonchev–Trinajstić information content (AvgIpc) is 2.76. The summed E-state index contributed by atoms with van der Waals surface area (Å²) < 4.78 is 1.90. The molecule has 10 nitrogen and oxygen atoms in total. The normalized spacial score (nSPS) is 19.1. The summed E-state index contributed by atoms with van der Waals surface area (Å²) in [7, 11) is 6.10. The summed E-state index contributed by atoms with van der Waals surface area (Å²) in [5.74, 6) is -2.62. The smallest absolute Gasteiger partial charge is 0.307 e. The molecule has 1 saturated heterocycles. The molecule has 0 radical (unpaired) electrons. The number of hydrogen-bond donors (Lipinski definition) is 3. The molecule has 0 saturated carbocycles. The second-order valence-electron chi connectivity index (χ2n) is 7.74. The quantitative estimate of drug-likeness (QED) is 0.651. The Labute approximate surface area is 178 Å². The topological polar surface area (TPSA) is 136 Å². The number of carboxylic acids is 3. The van der Waals surface area contributed by atoms with E-state index in [1.807, 2.05) is 18.7 Å². The molecule has 1 aromatic heterocycles. The maximum atomic E-state index is 11.5. The van der Waals surface area contributed by atoms with Crippen LogP contribution >= 0.6 is 0 Å². The summed E-state index contributed by atoms with van der Waals surface area (Å²) in [6.07, 6.45) is 1.69. The van der Waals surface area contributed by atoms with Gasteiger partial charge < -0.3 is 20.2 Å². The lowest BCUT2D eigenvalue weighted by Crippen LogP contribution is -2.39. The lowest BCUT2D eigenvalue weighted by Gasteiger charge is -2.28. The third kappa shape index (κ3) is 10.4. The highest BCUT2D eigenvalue weighted by Crippen LogP contribution is 2.23. The highest BCUT2D eigenvalue weighted by Gasteiger charge is 2.29. The maximum Gasteiger partial charge on any atom is 0.307 e. The Kier molecular flexibility index (Phi) is 11.9. The van der Waals surface area contributed by atoms with E-state index in [0.29, 0.717) is 12.6 Å². The van der Waals surface area contributed by atoms with Crippen LogP contribution in [0.3, 0.4) is 0 Å². The molecule has 0 spiro atoms. The van der Waals surface area contributed by atoms with Crippen LogP contribution in [0.4, 0.5) is 0 Å². The minimum absolute atomic E-state index is 0.276. The number of hydrogen-bond acceptors (Lipinski definition) is 6. The van der Waals surface area contributed by atoms with E-state index in [0.717, 1.165) is 51.2 Å². The standard InChI is InChI=1S/C16H28N4O2.2C2H4O2/c1-11-15(12(2)19(5)17-11)10-20-8-13(16(21)22)6-7-14(9-20)18(3)4;2*1-2(3)4/h13-14H,6-10H2,1-5H3,(H,21,22);2*1H3,(H,3,4)/t13-,14+;;/m0../s1. The van der Waals surface area contributed by atoms with E-state index < -0.39 is 17.9 Å². The minimum Gasteiger partial charge on any atom is -0.481 e. The zero-order chi connectivity index (χ0) is 23.6. The fraction of sp³-hybridized carbons (Fsp3) is 0.700. The van der Waals surface area contributed by atoms with Gasteiger partial charge in [-0.2, -0.15) is 5.10 Å². The Morgan fingerprint density at radius 2 is 1.53 bits per heavy atom. The van der Waals surface area contributed by atoms with Crippen molar-refractivity contribution in [1.82, 2.24) is 19.6 Å². The van der Waals surface area contributed by atoms with E-state index >= 15 is 0 Å².